The smallest absolute Gasteiger partial charge is 0.188 e. The largest absolute Gasteiger partial charge is 0.315 e. The number of nitrogens with zero attached hydrogens (tertiary/aromatic N) is 3. The molecule has 1 N–H and O–H groups in total. The quantitative estimate of drug-likeness (QED) is 0.912. The zero-order chi connectivity index (χ0) is 9.97. The van der Waals surface area contributed by atoms with Gasteiger partial charge < -0.3 is 5.32 Å². The van der Waals surface area contributed by atoms with Gasteiger partial charge in [0.25, 0.3) is 0 Å². The molecule has 0 spiro atoms. The average Bonchev–Trinajstić information content (AvgIpc) is 2.56. The molecule has 0 saturated heterocycles. The SMILES string of the molecule is Cc1cnc(Nc2ncncc2Br)s1. The van der Waals surface area contributed by atoms with E-state index in [1.54, 1.807) is 17.5 Å². The van der Waals surface area contributed by atoms with Crippen molar-refractivity contribution < 1.29 is 0 Å². The van der Waals surface area contributed by atoms with Gasteiger partial charge in [-0.25, -0.2) is 15.0 Å². The highest BCUT2D eigenvalue weighted by Gasteiger charge is 2.03. The summed E-state index contributed by atoms with van der Waals surface area (Å²) in [6.07, 6.45) is 5.01. The Kier molecular flexibility index (Phi) is 2.74. The molecule has 0 unspecified atom stereocenters. The summed E-state index contributed by atoms with van der Waals surface area (Å²) < 4.78 is 0.827. The van der Waals surface area contributed by atoms with Crippen LogP contribution in [0.4, 0.5) is 10.9 Å². The molecular weight excluding hydrogens is 264 g/mol. The minimum atomic E-state index is 0.731. The number of nitrogens with one attached hydrogen (secondary N) is 1. The Morgan fingerprint density at radius 3 is 2.86 bits per heavy atom. The van der Waals surface area contributed by atoms with Gasteiger partial charge in [-0.15, -0.1) is 11.3 Å². The van der Waals surface area contributed by atoms with Crippen LogP contribution in [0.1, 0.15) is 4.88 Å². The van der Waals surface area contributed by atoms with E-state index in [0.717, 1.165) is 20.3 Å². The Morgan fingerprint density at radius 2 is 2.21 bits per heavy atom. The first-order valence-corrected chi connectivity index (χ1v) is 5.51. The molecule has 0 aliphatic carbocycles. The molecule has 2 aromatic rings. The van der Waals surface area contributed by atoms with Crippen LogP contribution in [0.2, 0.25) is 0 Å². The number of hydrogen-bond donors (Lipinski definition) is 1. The van der Waals surface area contributed by atoms with Crippen LogP contribution in [-0.2, 0) is 0 Å². The monoisotopic (exact) mass is 270 g/mol. The van der Waals surface area contributed by atoms with Crippen LogP contribution in [0, 0.1) is 6.92 Å². The van der Waals surface area contributed by atoms with Gasteiger partial charge in [-0.05, 0) is 22.9 Å². The van der Waals surface area contributed by atoms with Crippen molar-refractivity contribution in [3.8, 4) is 0 Å². The normalized spacial score (nSPS) is 10.1. The maximum atomic E-state index is 4.18. The van der Waals surface area contributed by atoms with Crippen molar-refractivity contribution in [2.75, 3.05) is 5.32 Å². The molecule has 0 radical (unpaired) electrons. The zero-order valence-corrected chi connectivity index (χ0v) is 9.76. The first-order chi connectivity index (χ1) is 6.75. The number of aromatic nitrogens is 3. The second kappa shape index (κ2) is 4.02. The summed E-state index contributed by atoms with van der Waals surface area (Å²) in [5.41, 5.74) is 0. The first kappa shape index (κ1) is 9.54. The lowest BCUT2D eigenvalue weighted by Gasteiger charge is -2.01. The minimum Gasteiger partial charge on any atom is -0.315 e. The molecule has 2 rings (SSSR count). The van der Waals surface area contributed by atoms with Gasteiger partial charge in [-0.1, -0.05) is 0 Å². The number of anilines is 2. The van der Waals surface area contributed by atoms with Gasteiger partial charge >= 0.3 is 0 Å². The van der Waals surface area contributed by atoms with Crippen molar-refractivity contribution in [1.82, 2.24) is 15.0 Å². The lowest BCUT2D eigenvalue weighted by molar-refractivity contribution is 1.15. The highest BCUT2D eigenvalue weighted by molar-refractivity contribution is 9.10. The lowest BCUT2D eigenvalue weighted by atomic mass is 10.6. The number of aryl methyl sites for hydroxylation is 1. The number of thiazole rings is 1. The van der Waals surface area contributed by atoms with Crippen molar-refractivity contribution in [2.24, 2.45) is 0 Å². The number of halogens is 1. The second-order valence-corrected chi connectivity index (χ2v) is 4.71. The van der Waals surface area contributed by atoms with E-state index in [9.17, 15) is 0 Å². The van der Waals surface area contributed by atoms with E-state index in [-0.39, 0.29) is 0 Å². The van der Waals surface area contributed by atoms with Crippen molar-refractivity contribution in [1.29, 1.82) is 0 Å². The van der Waals surface area contributed by atoms with Crippen LogP contribution < -0.4 is 5.32 Å². The number of rotatable bonds is 2. The van der Waals surface area contributed by atoms with E-state index < -0.39 is 0 Å². The molecular formula is C8H7BrN4S. The maximum absolute atomic E-state index is 4.18. The minimum absolute atomic E-state index is 0.731. The molecule has 0 fully saturated rings. The van der Waals surface area contributed by atoms with Crippen molar-refractivity contribution in [3.05, 3.63) is 28.1 Å². The standard InChI is InChI=1S/C8H7BrN4S/c1-5-2-11-8(14-5)13-7-6(9)3-10-4-12-7/h2-4H,1H3,(H,10,11,12,13). The van der Waals surface area contributed by atoms with Crippen LogP contribution in [0.5, 0.6) is 0 Å². The Balaban J connectivity index is 2.23. The van der Waals surface area contributed by atoms with Gasteiger partial charge in [0.1, 0.15) is 12.1 Å². The Bertz CT molecular complexity index is 442. The van der Waals surface area contributed by atoms with Crippen LogP contribution in [0.3, 0.4) is 0 Å². The summed E-state index contributed by atoms with van der Waals surface area (Å²) >= 11 is 4.94. The Morgan fingerprint density at radius 1 is 1.36 bits per heavy atom. The van der Waals surface area contributed by atoms with E-state index in [4.69, 9.17) is 0 Å². The molecule has 2 aromatic heterocycles. The zero-order valence-electron chi connectivity index (χ0n) is 7.36. The number of hydrogen-bond acceptors (Lipinski definition) is 5. The molecule has 0 amide bonds. The fourth-order valence-electron chi connectivity index (χ4n) is 0.918. The third-order valence-electron chi connectivity index (χ3n) is 1.51. The molecule has 0 aromatic carbocycles. The molecule has 6 heteroatoms. The van der Waals surface area contributed by atoms with E-state index in [2.05, 4.69) is 36.2 Å². The van der Waals surface area contributed by atoms with Crippen LogP contribution in [0.15, 0.2) is 23.2 Å². The second-order valence-electron chi connectivity index (χ2n) is 2.62. The lowest BCUT2D eigenvalue weighted by Crippen LogP contribution is -1.93. The molecule has 0 aliphatic heterocycles. The van der Waals surface area contributed by atoms with Gasteiger partial charge in [-0.3, -0.25) is 0 Å². The van der Waals surface area contributed by atoms with Gasteiger partial charge in [0.15, 0.2) is 5.13 Å². The molecule has 0 atom stereocenters. The predicted octanol–water partition coefficient (Wildman–Crippen LogP) is 2.75. The summed E-state index contributed by atoms with van der Waals surface area (Å²) in [5.74, 6) is 0.731. The molecule has 14 heavy (non-hydrogen) atoms. The molecule has 0 bridgehead atoms. The fraction of sp³-hybridized carbons (Fsp3) is 0.125. The average molecular weight is 271 g/mol. The van der Waals surface area contributed by atoms with Gasteiger partial charge in [0.05, 0.1) is 4.47 Å². The molecule has 4 nitrogen and oxygen atoms in total. The van der Waals surface area contributed by atoms with E-state index in [1.165, 1.54) is 6.33 Å². The highest BCUT2D eigenvalue weighted by Crippen LogP contribution is 2.24. The van der Waals surface area contributed by atoms with Gasteiger partial charge in [0, 0.05) is 17.3 Å². The Labute approximate surface area is 93.6 Å². The summed E-state index contributed by atoms with van der Waals surface area (Å²) in [7, 11) is 0. The third-order valence-corrected chi connectivity index (χ3v) is 2.92. The summed E-state index contributed by atoms with van der Waals surface area (Å²) in [6, 6.07) is 0. The molecule has 0 aliphatic rings. The molecule has 0 saturated carbocycles. The molecule has 72 valence electrons. The summed E-state index contributed by atoms with van der Waals surface area (Å²) in [6.45, 7) is 2.01. The van der Waals surface area contributed by atoms with Crippen LogP contribution in [0.25, 0.3) is 0 Å². The summed E-state index contributed by atoms with van der Waals surface area (Å²) in [5, 5.41) is 3.94. The summed E-state index contributed by atoms with van der Waals surface area (Å²) in [4.78, 5) is 13.3. The first-order valence-electron chi connectivity index (χ1n) is 3.90. The van der Waals surface area contributed by atoms with Crippen molar-refractivity contribution >= 4 is 38.2 Å². The van der Waals surface area contributed by atoms with E-state index >= 15 is 0 Å². The van der Waals surface area contributed by atoms with Crippen molar-refractivity contribution in [3.63, 3.8) is 0 Å². The topological polar surface area (TPSA) is 50.7 Å². The van der Waals surface area contributed by atoms with E-state index in [1.807, 2.05) is 13.1 Å². The predicted molar refractivity (Wildman–Crippen MR) is 59.9 cm³/mol. The van der Waals surface area contributed by atoms with Crippen LogP contribution >= 0.6 is 27.3 Å². The van der Waals surface area contributed by atoms with Crippen LogP contribution in [-0.4, -0.2) is 15.0 Å². The fourth-order valence-corrected chi connectivity index (χ4v) is 1.90. The Hall–Kier alpha value is -1.01. The highest BCUT2D eigenvalue weighted by atomic mass is 79.9. The van der Waals surface area contributed by atoms with E-state index in [0.29, 0.717) is 0 Å². The maximum Gasteiger partial charge on any atom is 0.188 e. The van der Waals surface area contributed by atoms with Gasteiger partial charge in [0.2, 0.25) is 0 Å². The third kappa shape index (κ3) is 2.08. The molecule has 2 heterocycles. The van der Waals surface area contributed by atoms with Gasteiger partial charge in [-0.2, -0.15) is 0 Å². The van der Waals surface area contributed by atoms with Crippen molar-refractivity contribution in [2.45, 2.75) is 6.92 Å².